The lowest BCUT2D eigenvalue weighted by Gasteiger charge is -2.37. The number of carbonyl (C=O) groups excluding carboxylic acids is 2. The van der Waals surface area contributed by atoms with E-state index in [9.17, 15) is 9.59 Å². The number of carbonyl (C=O) groups is 2. The molecule has 0 N–H and O–H groups in total. The molecule has 0 aliphatic carbocycles. The second kappa shape index (κ2) is 8.65. The first kappa shape index (κ1) is 20.1. The van der Waals surface area contributed by atoms with Gasteiger partial charge < -0.3 is 24.2 Å². The van der Waals surface area contributed by atoms with Crippen LogP contribution in [0, 0.1) is 5.92 Å². The maximum Gasteiger partial charge on any atom is 0.228 e. The van der Waals surface area contributed by atoms with Gasteiger partial charge in [-0.15, -0.1) is 0 Å². The third-order valence-electron chi connectivity index (χ3n) is 5.86. The summed E-state index contributed by atoms with van der Waals surface area (Å²) in [5.41, 5.74) is 1.82. The summed E-state index contributed by atoms with van der Waals surface area (Å²) in [6.45, 7) is 3.18. The molecule has 2 saturated heterocycles. The Labute approximate surface area is 176 Å². The Balaban J connectivity index is 1.38. The zero-order valence-electron chi connectivity index (χ0n) is 17.4. The predicted octanol–water partition coefficient (Wildman–Crippen LogP) is 2.41. The monoisotopic (exact) mass is 409 g/mol. The van der Waals surface area contributed by atoms with Crippen LogP contribution in [0.15, 0.2) is 48.5 Å². The average molecular weight is 409 g/mol. The second-order valence-electron chi connectivity index (χ2n) is 7.59. The number of ether oxygens (including phenoxy) is 2. The zero-order chi connectivity index (χ0) is 21.1. The van der Waals surface area contributed by atoms with Crippen molar-refractivity contribution in [3.63, 3.8) is 0 Å². The van der Waals surface area contributed by atoms with Crippen LogP contribution in [0.3, 0.4) is 0 Å². The highest BCUT2D eigenvalue weighted by Crippen LogP contribution is 2.31. The average Bonchev–Trinajstić information content (AvgIpc) is 3.20. The number of para-hydroxylation sites is 2. The van der Waals surface area contributed by atoms with E-state index >= 15 is 0 Å². The van der Waals surface area contributed by atoms with Crippen molar-refractivity contribution < 1.29 is 19.1 Å². The molecule has 2 aromatic carbocycles. The molecule has 7 heteroatoms. The molecule has 2 heterocycles. The molecule has 1 atom stereocenters. The minimum Gasteiger partial charge on any atom is -0.497 e. The Kier molecular flexibility index (Phi) is 5.79. The summed E-state index contributed by atoms with van der Waals surface area (Å²) in [5.74, 6) is 1.28. The molecule has 2 aliphatic rings. The summed E-state index contributed by atoms with van der Waals surface area (Å²) >= 11 is 0. The van der Waals surface area contributed by atoms with E-state index in [2.05, 4.69) is 4.90 Å². The van der Waals surface area contributed by atoms with Crippen LogP contribution in [0.1, 0.15) is 6.42 Å². The molecule has 0 radical (unpaired) electrons. The first-order valence-corrected chi connectivity index (χ1v) is 10.2. The Morgan fingerprint density at radius 1 is 0.967 bits per heavy atom. The van der Waals surface area contributed by atoms with Gasteiger partial charge in [0.05, 0.1) is 25.8 Å². The fraction of sp³-hybridized carbons (Fsp3) is 0.391. The largest absolute Gasteiger partial charge is 0.497 e. The van der Waals surface area contributed by atoms with Gasteiger partial charge in [-0.05, 0) is 24.3 Å². The zero-order valence-corrected chi connectivity index (χ0v) is 17.4. The molecule has 1 unspecified atom stereocenters. The number of rotatable bonds is 5. The Bertz CT molecular complexity index is 924. The number of hydrogen-bond acceptors (Lipinski definition) is 5. The topological polar surface area (TPSA) is 62.3 Å². The number of piperazine rings is 1. The van der Waals surface area contributed by atoms with Crippen LogP contribution in [0.5, 0.6) is 11.5 Å². The Hall–Kier alpha value is -3.22. The van der Waals surface area contributed by atoms with Crippen LogP contribution in [0.25, 0.3) is 0 Å². The quantitative estimate of drug-likeness (QED) is 0.759. The number of anilines is 2. The first-order valence-electron chi connectivity index (χ1n) is 10.2. The highest BCUT2D eigenvalue weighted by atomic mass is 16.5. The van der Waals surface area contributed by atoms with Gasteiger partial charge >= 0.3 is 0 Å². The van der Waals surface area contributed by atoms with Crippen molar-refractivity contribution in [1.82, 2.24) is 4.90 Å². The smallest absolute Gasteiger partial charge is 0.228 e. The fourth-order valence-corrected chi connectivity index (χ4v) is 4.22. The predicted molar refractivity (Wildman–Crippen MR) is 115 cm³/mol. The molecule has 2 fully saturated rings. The molecular formula is C23H27N3O4. The van der Waals surface area contributed by atoms with Gasteiger partial charge in [0.2, 0.25) is 11.8 Å². The number of methoxy groups -OCH3 is 2. The molecular weight excluding hydrogens is 382 g/mol. The summed E-state index contributed by atoms with van der Waals surface area (Å²) in [6, 6.07) is 15.3. The fourth-order valence-electron chi connectivity index (χ4n) is 4.22. The van der Waals surface area contributed by atoms with E-state index in [1.54, 1.807) is 19.1 Å². The lowest BCUT2D eigenvalue weighted by Crippen LogP contribution is -2.50. The number of hydrogen-bond donors (Lipinski definition) is 0. The summed E-state index contributed by atoms with van der Waals surface area (Å²) in [5, 5.41) is 0. The lowest BCUT2D eigenvalue weighted by atomic mass is 10.1. The Morgan fingerprint density at radius 3 is 2.47 bits per heavy atom. The summed E-state index contributed by atoms with van der Waals surface area (Å²) in [7, 11) is 3.27. The maximum atomic E-state index is 13.1. The van der Waals surface area contributed by atoms with Crippen molar-refractivity contribution in [3.05, 3.63) is 48.5 Å². The molecule has 7 nitrogen and oxygen atoms in total. The standard InChI is InChI=1S/C23H27N3O4/c1-29-19-7-5-6-18(15-19)26-16-17(14-22(26)27)23(28)25-12-10-24(11-13-25)20-8-3-4-9-21(20)30-2/h3-9,15,17H,10-14,16H2,1-2H3. The maximum absolute atomic E-state index is 13.1. The highest BCUT2D eigenvalue weighted by Gasteiger charge is 2.38. The summed E-state index contributed by atoms with van der Waals surface area (Å²) < 4.78 is 10.7. The van der Waals surface area contributed by atoms with Crippen LogP contribution in [-0.4, -0.2) is 63.7 Å². The van der Waals surface area contributed by atoms with Crippen LogP contribution >= 0.6 is 0 Å². The lowest BCUT2D eigenvalue weighted by molar-refractivity contribution is -0.136. The van der Waals surface area contributed by atoms with E-state index in [-0.39, 0.29) is 24.2 Å². The van der Waals surface area contributed by atoms with E-state index in [0.29, 0.717) is 25.4 Å². The second-order valence-corrected chi connectivity index (χ2v) is 7.59. The van der Waals surface area contributed by atoms with Gasteiger partial charge in [-0.2, -0.15) is 0 Å². The van der Waals surface area contributed by atoms with Crippen molar-refractivity contribution in [2.75, 3.05) is 56.7 Å². The van der Waals surface area contributed by atoms with Crippen LogP contribution in [0.4, 0.5) is 11.4 Å². The van der Waals surface area contributed by atoms with Crippen molar-refractivity contribution in [1.29, 1.82) is 0 Å². The number of benzene rings is 2. The van der Waals surface area contributed by atoms with Gasteiger partial charge in [-0.3, -0.25) is 9.59 Å². The van der Waals surface area contributed by atoms with Crippen LogP contribution in [-0.2, 0) is 9.59 Å². The number of amides is 2. The first-order chi connectivity index (χ1) is 14.6. The van der Waals surface area contributed by atoms with Crippen molar-refractivity contribution in [3.8, 4) is 11.5 Å². The normalized spacial score (nSPS) is 19.2. The third-order valence-corrected chi connectivity index (χ3v) is 5.86. The minimum atomic E-state index is -0.304. The highest BCUT2D eigenvalue weighted by molar-refractivity contribution is 6.00. The van der Waals surface area contributed by atoms with Crippen molar-refractivity contribution in [2.24, 2.45) is 5.92 Å². The molecule has 2 aliphatic heterocycles. The molecule has 30 heavy (non-hydrogen) atoms. The van der Waals surface area contributed by atoms with E-state index in [1.165, 1.54) is 0 Å². The van der Waals surface area contributed by atoms with Gasteiger partial charge in [-0.25, -0.2) is 0 Å². The van der Waals surface area contributed by atoms with Gasteiger partial charge in [0, 0.05) is 50.9 Å². The molecule has 2 aromatic rings. The minimum absolute atomic E-state index is 0.0192. The molecule has 158 valence electrons. The van der Waals surface area contributed by atoms with Crippen LogP contribution in [0.2, 0.25) is 0 Å². The summed E-state index contributed by atoms with van der Waals surface area (Å²) in [6.07, 6.45) is 0.253. The van der Waals surface area contributed by atoms with E-state index < -0.39 is 0 Å². The molecule has 4 rings (SSSR count). The Morgan fingerprint density at radius 2 is 1.73 bits per heavy atom. The van der Waals surface area contributed by atoms with Gasteiger partial charge in [0.15, 0.2) is 0 Å². The molecule has 2 amide bonds. The SMILES string of the molecule is COc1cccc(N2CC(C(=O)N3CCN(c4ccccc4OC)CC3)CC2=O)c1. The molecule has 0 spiro atoms. The van der Waals surface area contributed by atoms with Crippen molar-refractivity contribution >= 4 is 23.2 Å². The van der Waals surface area contributed by atoms with Gasteiger partial charge in [-0.1, -0.05) is 18.2 Å². The molecule has 0 bridgehead atoms. The van der Waals surface area contributed by atoms with Gasteiger partial charge in [0.25, 0.3) is 0 Å². The summed E-state index contributed by atoms with van der Waals surface area (Å²) in [4.78, 5) is 31.5. The van der Waals surface area contributed by atoms with Gasteiger partial charge in [0.1, 0.15) is 11.5 Å². The van der Waals surface area contributed by atoms with E-state index in [4.69, 9.17) is 9.47 Å². The van der Waals surface area contributed by atoms with Crippen LogP contribution < -0.4 is 19.3 Å². The molecule has 0 aromatic heterocycles. The van der Waals surface area contributed by atoms with E-state index in [1.807, 2.05) is 53.4 Å². The van der Waals surface area contributed by atoms with E-state index in [0.717, 1.165) is 30.2 Å². The molecule has 0 saturated carbocycles. The number of nitrogens with zero attached hydrogens (tertiary/aromatic N) is 3. The van der Waals surface area contributed by atoms with Crippen molar-refractivity contribution in [2.45, 2.75) is 6.42 Å². The third kappa shape index (κ3) is 3.92.